The van der Waals surface area contributed by atoms with Gasteiger partial charge in [-0.2, -0.15) is 0 Å². The van der Waals surface area contributed by atoms with E-state index >= 15 is 0 Å². The van der Waals surface area contributed by atoms with Crippen molar-refractivity contribution in [3.63, 3.8) is 0 Å². The van der Waals surface area contributed by atoms with Crippen molar-refractivity contribution in [2.75, 3.05) is 7.11 Å². The molecule has 0 fully saturated rings. The molecule has 0 aliphatic heterocycles. The average Bonchev–Trinajstić information content (AvgIpc) is 2.98. The largest absolute Gasteiger partial charge is 0.496 e. The molecule has 1 heterocycles. The van der Waals surface area contributed by atoms with E-state index in [0.717, 1.165) is 0 Å². The molecule has 2 rings (SSSR count). The zero-order valence-electron chi connectivity index (χ0n) is 12.6. The summed E-state index contributed by atoms with van der Waals surface area (Å²) < 4.78 is 37.4. The molecule has 0 bridgehead atoms. The van der Waals surface area contributed by atoms with Crippen LogP contribution in [0.4, 0.5) is 0 Å². The van der Waals surface area contributed by atoms with Gasteiger partial charge in [0.2, 0.25) is 10.0 Å². The maximum atomic E-state index is 12.4. The standard InChI is InChI=1S/C15H17NO6S/c1-10(8-11-4-3-7-22-11)16-23(19,20)12-5-6-13(15(17)18)14(9-12)21-2/h3-7,9-10,16H,8H2,1-2H3,(H,17,18). The second-order valence-corrected chi connectivity index (χ2v) is 6.69. The quantitative estimate of drug-likeness (QED) is 0.798. The Morgan fingerprint density at radius 1 is 1.39 bits per heavy atom. The normalized spacial score (nSPS) is 12.8. The van der Waals surface area contributed by atoms with Crippen molar-refractivity contribution in [3.8, 4) is 5.75 Å². The highest BCUT2D eigenvalue weighted by atomic mass is 32.2. The molecule has 2 aromatic rings. The van der Waals surface area contributed by atoms with E-state index in [1.54, 1.807) is 19.1 Å². The van der Waals surface area contributed by atoms with Crippen LogP contribution in [0.2, 0.25) is 0 Å². The van der Waals surface area contributed by atoms with Gasteiger partial charge in [0.25, 0.3) is 0 Å². The zero-order chi connectivity index (χ0) is 17.0. The van der Waals surface area contributed by atoms with Gasteiger partial charge in [0.1, 0.15) is 17.1 Å². The molecule has 1 unspecified atom stereocenters. The Morgan fingerprint density at radius 3 is 2.70 bits per heavy atom. The molecule has 2 N–H and O–H groups in total. The van der Waals surface area contributed by atoms with E-state index in [4.69, 9.17) is 14.3 Å². The van der Waals surface area contributed by atoms with Gasteiger partial charge in [-0.3, -0.25) is 0 Å². The van der Waals surface area contributed by atoms with Gasteiger partial charge < -0.3 is 14.3 Å². The number of aromatic carboxylic acids is 1. The SMILES string of the molecule is COc1cc(S(=O)(=O)NC(C)Cc2ccco2)ccc1C(=O)O. The number of carboxylic acid groups (broad SMARTS) is 1. The monoisotopic (exact) mass is 339 g/mol. The minimum Gasteiger partial charge on any atom is -0.496 e. The number of carboxylic acids is 1. The molecule has 124 valence electrons. The predicted molar refractivity (Wildman–Crippen MR) is 82.1 cm³/mol. The summed E-state index contributed by atoms with van der Waals surface area (Å²) >= 11 is 0. The first-order chi connectivity index (χ1) is 10.8. The number of hydrogen-bond donors (Lipinski definition) is 2. The molecule has 0 amide bonds. The first-order valence-electron chi connectivity index (χ1n) is 6.79. The minimum atomic E-state index is -3.80. The summed E-state index contributed by atoms with van der Waals surface area (Å²) in [6.07, 6.45) is 1.92. The lowest BCUT2D eigenvalue weighted by atomic mass is 10.2. The summed E-state index contributed by atoms with van der Waals surface area (Å²) in [5.74, 6) is -0.539. The van der Waals surface area contributed by atoms with Crippen molar-refractivity contribution in [1.82, 2.24) is 4.72 Å². The van der Waals surface area contributed by atoms with E-state index in [0.29, 0.717) is 12.2 Å². The first kappa shape index (κ1) is 17.0. The minimum absolute atomic E-state index is 0.0148. The third-order valence-electron chi connectivity index (χ3n) is 3.16. The Balaban J connectivity index is 2.20. The van der Waals surface area contributed by atoms with Gasteiger partial charge in [-0.05, 0) is 31.2 Å². The number of ether oxygens (including phenoxy) is 1. The summed E-state index contributed by atoms with van der Waals surface area (Å²) in [5.41, 5.74) is -0.102. The van der Waals surface area contributed by atoms with E-state index in [9.17, 15) is 13.2 Å². The Kier molecular flexibility index (Phi) is 5.07. The fourth-order valence-corrected chi connectivity index (χ4v) is 3.38. The Morgan fingerprint density at radius 2 is 2.13 bits per heavy atom. The molecule has 1 atom stereocenters. The summed E-state index contributed by atoms with van der Waals surface area (Å²) in [4.78, 5) is 11.0. The van der Waals surface area contributed by atoms with Gasteiger partial charge in [0.15, 0.2) is 0 Å². The van der Waals surface area contributed by atoms with Crippen molar-refractivity contribution >= 4 is 16.0 Å². The van der Waals surface area contributed by atoms with Gasteiger partial charge in [0.05, 0.1) is 18.3 Å². The smallest absolute Gasteiger partial charge is 0.339 e. The molecule has 0 saturated heterocycles. The number of benzene rings is 1. The fraction of sp³-hybridized carbons (Fsp3) is 0.267. The fourth-order valence-electron chi connectivity index (χ4n) is 2.12. The molecule has 23 heavy (non-hydrogen) atoms. The maximum Gasteiger partial charge on any atom is 0.339 e. The second-order valence-electron chi connectivity index (χ2n) is 4.97. The van der Waals surface area contributed by atoms with Crippen LogP contribution in [-0.4, -0.2) is 32.6 Å². The topological polar surface area (TPSA) is 106 Å². The molecule has 0 radical (unpaired) electrons. The average molecular weight is 339 g/mol. The van der Waals surface area contributed by atoms with Crippen molar-refractivity contribution in [2.45, 2.75) is 24.3 Å². The molecule has 0 saturated carbocycles. The first-order valence-corrected chi connectivity index (χ1v) is 8.28. The molecule has 0 aliphatic rings. The van der Waals surface area contributed by atoms with Gasteiger partial charge in [-0.25, -0.2) is 17.9 Å². The highest BCUT2D eigenvalue weighted by Crippen LogP contribution is 2.23. The number of carbonyl (C=O) groups is 1. The molecule has 7 nitrogen and oxygen atoms in total. The number of rotatable bonds is 7. The van der Waals surface area contributed by atoms with Crippen LogP contribution < -0.4 is 9.46 Å². The van der Waals surface area contributed by atoms with Crippen LogP contribution in [0.3, 0.4) is 0 Å². The molecule has 1 aromatic carbocycles. The Bertz CT molecular complexity index is 782. The van der Waals surface area contributed by atoms with Crippen LogP contribution in [-0.2, 0) is 16.4 Å². The molecule has 0 aliphatic carbocycles. The molecular weight excluding hydrogens is 322 g/mol. The summed E-state index contributed by atoms with van der Waals surface area (Å²) in [6.45, 7) is 1.71. The van der Waals surface area contributed by atoms with Crippen molar-refractivity contribution in [2.24, 2.45) is 0 Å². The number of hydrogen-bond acceptors (Lipinski definition) is 5. The van der Waals surface area contributed by atoms with Crippen molar-refractivity contribution in [1.29, 1.82) is 0 Å². The lowest BCUT2D eigenvalue weighted by Crippen LogP contribution is -2.34. The van der Waals surface area contributed by atoms with Gasteiger partial charge in [0, 0.05) is 18.5 Å². The molecule has 1 aromatic heterocycles. The molecule has 8 heteroatoms. The predicted octanol–water partition coefficient (Wildman–Crippen LogP) is 1.90. The van der Waals surface area contributed by atoms with E-state index in [-0.39, 0.29) is 16.2 Å². The van der Waals surface area contributed by atoms with Gasteiger partial charge in [-0.15, -0.1) is 0 Å². The van der Waals surface area contributed by atoms with Crippen LogP contribution in [0.15, 0.2) is 45.9 Å². The maximum absolute atomic E-state index is 12.4. The third kappa shape index (κ3) is 4.11. The van der Waals surface area contributed by atoms with E-state index < -0.39 is 22.0 Å². The highest BCUT2D eigenvalue weighted by molar-refractivity contribution is 7.89. The Hall–Kier alpha value is -2.32. The second kappa shape index (κ2) is 6.84. The Labute approximate surface area is 133 Å². The van der Waals surface area contributed by atoms with Crippen LogP contribution in [0.5, 0.6) is 5.75 Å². The number of methoxy groups -OCH3 is 1. The van der Waals surface area contributed by atoms with Crippen molar-refractivity contribution < 1.29 is 27.5 Å². The zero-order valence-corrected chi connectivity index (χ0v) is 13.5. The highest BCUT2D eigenvalue weighted by Gasteiger charge is 2.21. The van der Waals surface area contributed by atoms with Crippen molar-refractivity contribution in [3.05, 3.63) is 47.9 Å². The van der Waals surface area contributed by atoms with E-state index in [1.807, 2.05) is 0 Å². The van der Waals surface area contributed by atoms with E-state index in [1.165, 1.54) is 31.6 Å². The molecule has 0 spiro atoms. The summed E-state index contributed by atoms with van der Waals surface area (Å²) in [5, 5.41) is 9.02. The van der Waals surface area contributed by atoms with Crippen LogP contribution in [0.25, 0.3) is 0 Å². The number of nitrogens with one attached hydrogen (secondary N) is 1. The van der Waals surface area contributed by atoms with Gasteiger partial charge in [-0.1, -0.05) is 0 Å². The summed E-state index contributed by atoms with van der Waals surface area (Å²) in [7, 11) is -2.52. The number of sulfonamides is 1. The summed E-state index contributed by atoms with van der Waals surface area (Å²) in [6, 6.07) is 6.71. The lowest BCUT2D eigenvalue weighted by Gasteiger charge is -2.14. The van der Waals surface area contributed by atoms with Crippen LogP contribution in [0.1, 0.15) is 23.0 Å². The molecular formula is C15H17NO6S. The lowest BCUT2D eigenvalue weighted by molar-refractivity contribution is 0.0693. The third-order valence-corrected chi connectivity index (χ3v) is 4.74. The van der Waals surface area contributed by atoms with Crippen LogP contribution >= 0.6 is 0 Å². The number of furan rings is 1. The van der Waals surface area contributed by atoms with Gasteiger partial charge >= 0.3 is 5.97 Å². The van der Waals surface area contributed by atoms with E-state index in [2.05, 4.69) is 4.72 Å². The van der Waals surface area contributed by atoms with Crippen LogP contribution in [0, 0.1) is 0 Å².